The van der Waals surface area contributed by atoms with Crippen LogP contribution in [-0.4, -0.2) is 33.5 Å². The van der Waals surface area contributed by atoms with Crippen molar-refractivity contribution in [2.75, 3.05) is 25.1 Å². The Balaban J connectivity index is 2.10. The summed E-state index contributed by atoms with van der Waals surface area (Å²) >= 11 is 6.24. The maximum atomic E-state index is 11.2. The summed E-state index contributed by atoms with van der Waals surface area (Å²) in [4.78, 5) is 0. The molecule has 1 saturated heterocycles. The van der Waals surface area contributed by atoms with Crippen molar-refractivity contribution >= 4 is 21.4 Å². The molecule has 100 valence electrons. The van der Waals surface area contributed by atoms with Gasteiger partial charge in [0, 0.05) is 35.5 Å². The molecule has 1 aliphatic rings. The lowest BCUT2D eigenvalue weighted by Crippen LogP contribution is -2.57. The van der Waals surface area contributed by atoms with Crippen LogP contribution in [0.2, 0.25) is 5.02 Å². The molecule has 0 unspecified atom stereocenters. The van der Waals surface area contributed by atoms with E-state index in [2.05, 4.69) is 5.32 Å². The molecule has 3 nitrogen and oxygen atoms in total. The number of benzene rings is 1. The van der Waals surface area contributed by atoms with Gasteiger partial charge >= 0.3 is 0 Å². The van der Waals surface area contributed by atoms with Crippen LogP contribution in [0.25, 0.3) is 0 Å². The molecule has 0 aromatic heterocycles. The second-order valence-electron chi connectivity index (χ2n) is 5.10. The summed E-state index contributed by atoms with van der Waals surface area (Å²) in [6, 6.07) is 7.84. The predicted octanol–water partition coefficient (Wildman–Crippen LogP) is 2.01. The first-order valence-corrected chi connectivity index (χ1v) is 8.50. The van der Waals surface area contributed by atoms with Gasteiger partial charge in [0.05, 0.1) is 0 Å². The topological polar surface area (TPSA) is 46.2 Å². The van der Waals surface area contributed by atoms with Gasteiger partial charge < -0.3 is 5.32 Å². The van der Waals surface area contributed by atoms with Crippen molar-refractivity contribution in [2.24, 2.45) is 0 Å². The Kier molecular flexibility index (Phi) is 3.99. The van der Waals surface area contributed by atoms with Crippen LogP contribution < -0.4 is 5.32 Å². The van der Waals surface area contributed by atoms with Crippen LogP contribution in [0.5, 0.6) is 0 Å². The van der Waals surface area contributed by atoms with Crippen LogP contribution in [0, 0.1) is 0 Å². The van der Waals surface area contributed by atoms with E-state index >= 15 is 0 Å². The Morgan fingerprint density at radius 3 is 2.50 bits per heavy atom. The molecule has 1 heterocycles. The Hall–Kier alpha value is -0.580. The lowest BCUT2D eigenvalue weighted by molar-refractivity contribution is 0.256. The van der Waals surface area contributed by atoms with Crippen LogP contribution >= 0.6 is 11.6 Å². The maximum absolute atomic E-state index is 11.2. The van der Waals surface area contributed by atoms with E-state index in [-0.39, 0.29) is 11.2 Å². The fraction of sp³-hybridized carbons (Fsp3) is 0.538. The third-order valence-electron chi connectivity index (χ3n) is 3.54. The molecule has 0 atom stereocenters. The van der Waals surface area contributed by atoms with Crippen LogP contribution in [0.4, 0.5) is 0 Å². The summed E-state index contributed by atoms with van der Waals surface area (Å²) in [5.41, 5.74) is 1.15. The van der Waals surface area contributed by atoms with Crippen molar-refractivity contribution in [3.05, 3.63) is 34.9 Å². The summed E-state index contributed by atoms with van der Waals surface area (Å²) in [7, 11) is -2.88. The molecule has 0 bridgehead atoms. The number of halogens is 1. The summed E-state index contributed by atoms with van der Waals surface area (Å²) < 4.78 is 22.4. The highest BCUT2D eigenvalue weighted by Crippen LogP contribution is 2.37. The van der Waals surface area contributed by atoms with Gasteiger partial charge in [-0.15, -0.1) is 0 Å². The quantitative estimate of drug-likeness (QED) is 0.901. The third kappa shape index (κ3) is 3.05. The fourth-order valence-electron chi connectivity index (χ4n) is 2.49. The molecule has 0 radical (unpaired) electrons. The minimum Gasteiger partial charge on any atom is -0.315 e. The van der Waals surface area contributed by atoms with Gasteiger partial charge in [-0.05, 0) is 24.5 Å². The zero-order valence-electron chi connectivity index (χ0n) is 10.4. The molecule has 0 aliphatic carbocycles. The lowest BCUT2D eigenvalue weighted by Gasteiger charge is -2.44. The number of hydrogen-bond donors (Lipinski definition) is 1. The van der Waals surface area contributed by atoms with Crippen molar-refractivity contribution in [2.45, 2.75) is 18.3 Å². The van der Waals surface area contributed by atoms with E-state index in [1.807, 2.05) is 24.3 Å². The number of nitrogens with one attached hydrogen (secondary N) is 1. The average molecular weight is 288 g/mol. The Bertz CT molecular complexity index is 524. The average Bonchev–Trinajstić information content (AvgIpc) is 2.22. The molecule has 2 rings (SSSR count). The normalized spacial score (nSPS) is 18.3. The summed E-state index contributed by atoms with van der Waals surface area (Å²) in [6.07, 6.45) is 2.83. The van der Waals surface area contributed by atoms with E-state index in [0.29, 0.717) is 6.42 Å². The highest BCUT2D eigenvalue weighted by Gasteiger charge is 2.39. The number of sulfone groups is 1. The van der Waals surface area contributed by atoms with Crippen LogP contribution in [0.1, 0.15) is 18.4 Å². The molecule has 1 fully saturated rings. The third-order valence-corrected chi connectivity index (χ3v) is 4.90. The fourth-order valence-corrected chi connectivity index (χ4v) is 3.50. The summed E-state index contributed by atoms with van der Waals surface area (Å²) in [5, 5.41) is 4.04. The SMILES string of the molecule is CS(=O)(=O)CCCC1(c2ccccc2Cl)CNC1. The Morgan fingerprint density at radius 1 is 1.33 bits per heavy atom. The van der Waals surface area contributed by atoms with Gasteiger partial charge in [0.15, 0.2) is 0 Å². The predicted molar refractivity (Wildman–Crippen MR) is 74.9 cm³/mol. The minimum atomic E-state index is -2.88. The van der Waals surface area contributed by atoms with Crippen LogP contribution in [0.15, 0.2) is 24.3 Å². The zero-order valence-corrected chi connectivity index (χ0v) is 12.0. The van der Waals surface area contributed by atoms with Crippen LogP contribution in [0.3, 0.4) is 0 Å². The van der Waals surface area contributed by atoms with E-state index < -0.39 is 9.84 Å². The van der Waals surface area contributed by atoms with Gasteiger partial charge in [0.1, 0.15) is 9.84 Å². The first-order valence-electron chi connectivity index (χ1n) is 6.06. The largest absolute Gasteiger partial charge is 0.315 e. The lowest BCUT2D eigenvalue weighted by atomic mass is 9.72. The smallest absolute Gasteiger partial charge is 0.147 e. The van der Waals surface area contributed by atoms with Crippen molar-refractivity contribution in [3.8, 4) is 0 Å². The van der Waals surface area contributed by atoms with Gasteiger partial charge in [-0.2, -0.15) is 0 Å². The van der Waals surface area contributed by atoms with E-state index in [1.165, 1.54) is 6.26 Å². The van der Waals surface area contributed by atoms with Crippen molar-refractivity contribution in [1.29, 1.82) is 0 Å². The molecule has 1 aliphatic heterocycles. The minimum absolute atomic E-state index is 0.0169. The molecule has 1 N–H and O–H groups in total. The summed E-state index contributed by atoms with van der Waals surface area (Å²) in [5.74, 6) is 0.249. The van der Waals surface area contributed by atoms with Gasteiger partial charge in [-0.3, -0.25) is 0 Å². The van der Waals surface area contributed by atoms with E-state index in [4.69, 9.17) is 11.6 Å². The van der Waals surface area contributed by atoms with E-state index in [0.717, 1.165) is 30.1 Å². The van der Waals surface area contributed by atoms with Crippen molar-refractivity contribution < 1.29 is 8.42 Å². The van der Waals surface area contributed by atoms with Gasteiger partial charge in [-0.25, -0.2) is 8.42 Å². The highest BCUT2D eigenvalue weighted by atomic mass is 35.5. The molecule has 18 heavy (non-hydrogen) atoms. The second-order valence-corrected chi connectivity index (χ2v) is 7.76. The monoisotopic (exact) mass is 287 g/mol. The maximum Gasteiger partial charge on any atom is 0.147 e. The molecular formula is C13H18ClNO2S. The second kappa shape index (κ2) is 5.19. The first kappa shape index (κ1) is 13.8. The Labute approximate surface area is 113 Å². The molecule has 5 heteroatoms. The van der Waals surface area contributed by atoms with Gasteiger partial charge in [-0.1, -0.05) is 29.8 Å². The van der Waals surface area contributed by atoms with Crippen LogP contribution in [-0.2, 0) is 15.3 Å². The molecule has 1 aromatic carbocycles. The van der Waals surface area contributed by atoms with E-state index in [1.54, 1.807) is 0 Å². The van der Waals surface area contributed by atoms with E-state index in [9.17, 15) is 8.42 Å². The highest BCUT2D eigenvalue weighted by molar-refractivity contribution is 7.90. The van der Waals surface area contributed by atoms with Crippen molar-refractivity contribution in [3.63, 3.8) is 0 Å². The number of rotatable bonds is 5. The standard InChI is InChI=1S/C13H18ClNO2S/c1-18(16,17)8-4-7-13(9-15-10-13)11-5-2-3-6-12(11)14/h2-3,5-6,15H,4,7-10H2,1H3. The molecule has 0 saturated carbocycles. The molecule has 0 amide bonds. The molecular weight excluding hydrogens is 270 g/mol. The first-order chi connectivity index (χ1) is 8.43. The summed E-state index contributed by atoms with van der Waals surface area (Å²) in [6.45, 7) is 1.75. The van der Waals surface area contributed by atoms with Gasteiger partial charge in [0.2, 0.25) is 0 Å². The number of hydrogen-bond acceptors (Lipinski definition) is 3. The zero-order chi connectivity index (χ0) is 13.2. The Morgan fingerprint density at radius 2 is 2.00 bits per heavy atom. The molecule has 1 aromatic rings. The van der Waals surface area contributed by atoms with Crippen molar-refractivity contribution in [1.82, 2.24) is 5.32 Å². The molecule has 0 spiro atoms. The van der Waals surface area contributed by atoms with Gasteiger partial charge in [0.25, 0.3) is 0 Å².